The number of Topliss-reactive ketones (excluding diaryl/α,β-unsaturated/α-hetero) is 1. The third-order valence-corrected chi connectivity index (χ3v) is 8.13. The average Bonchev–Trinajstić information content (AvgIpc) is 3.60. The fraction of sp³-hybridized carbons (Fsp3) is 0.294. The van der Waals surface area contributed by atoms with Crippen LogP contribution in [-0.2, 0) is 10.8 Å². The fourth-order valence-electron chi connectivity index (χ4n) is 5.35. The first-order chi connectivity index (χ1) is 19.1. The third-order valence-electron chi connectivity index (χ3n) is 8.13. The Morgan fingerprint density at radius 2 is 1.65 bits per heavy atom. The molecule has 1 aliphatic rings. The zero-order chi connectivity index (χ0) is 28.1. The van der Waals surface area contributed by atoms with Crippen LogP contribution in [-0.4, -0.2) is 39.8 Å². The summed E-state index contributed by atoms with van der Waals surface area (Å²) in [4.78, 5) is 32.5. The second-order valence-electron chi connectivity index (χ2n) is 12.2. The molecule has 1 saturated carbocycles. The van der Waals surface area contributed by atoms with Gasteiger partial charge in [-0.15, -0.1) is 0 Å². The van der Waals surface area contributed by atoms with Gasteiger partial charge in [0.05, 0.1) is 17.4 Å². The van der Waals surface area contributed by atoms with Crippen LogP contribution >= 0.6 is 0 Å². The van der Waals surface area contributed by atoms with Crippen molar-refractivity contribution < 1.29 is 4.79 Å². The molecule has 3 aromatic heterocycles. The van der Waals surface area contributed by atoms with Gasteiger partial charge in [0.1, 0.15) is 5.69 Å². The molecule has 5 aromatic rings. The quantitative estimate of drug-likeness (QED) is 0.223. The summed E-state index contributed by atoms with van der Waals surface area (Å²) >= 11 is 0. The van der Waals surface area contributed by atoms with E-state index >= 15 is 0 Å². The van der Waals surface area contributed by atoms with E-state index in [1.807, 2.05) is 55.5 Å². The summed E-state index contributed by atoms with van der Waals surface area (Å²) in [6.07, 6.45) is 6.27. The SMILES string of the molecule is CN(C)c1ccc(-c2nc3nccc(-c4ccc(C5(CC(=O)c6ccc(C(C)(C)C)cc6)CC5)cc4)c3[nH]2)nc1. The van der Waals surface area contributed by atoms with Gasteiger partial charge in [0.15, 0.2) is 17.3 Å². The molecule has 6 nitrogen and oxygen atoms in total. The zero-order valence-electron chi connectivity index (χ0n) is 23.8. The highest BCUT2D eigenvalue weighted by Crippen LogP contribution is 2.52. The van der Waals surface area contributed by atoms with Crippen LogP contribution in [0.1, 0.15) is 61.5 Å². The lowest BCUT2D eigenvalue weighted by atomic mass is 9.85. The van der Waals surface area contributed by atoms with E-state index in [4.69, 9.17) is 4.98 Å². The highest BCUT2D eigenvalue weighted by Gasteiger charge is 2.45. The molecule has 0 spiro atoms. The number of hydrogen-bond acceptors (Lipinski definition) is 5. The predicted molar refractivity (Wildman–Crippen MR) is 162 cm³/mol. The van der Waals surface area contributed by atoms with E-state index < -0.39 is 0 Å². The molecule has 0 amide bonds. The number of pyridine rings is 2. The molecule has 6 rings (SSSR count). The standard InChI is InChI=1S/C34H35N5O/c1-33(2,3)24-10-8-23(9-11-24)29(40)20-34(17-18-34)25-12-6-22(7-13-25)27-16-19-35-32-30(27)37-31(38-32)28-15-14-26(21-36-28)39(4)5/h6-16,19,21H,17-18,20H2,1-5H3,(H,35,37,38). The first-order valence-corrected chi connectivity index (χ1v) is 13.9. The minimum Gasteiger partial charge on any atom is -0.376 e. The van der Waals surface area contributed by atoms with Gasteiger partial charge in [-0.05, 0) is 53.1 Å². The largest absolute Gasteiger partial charge is 0.376 e. The van der Waals surface area contributed by atoms with E-state index in [0.717, 1.165) is 46.4 Å². The topological polar surface area (TPSA) is 74.8 Å². The van der Waals surface area contributed by atoms with Crippen molar-refractivity contribution in [2.24, 2.45) is 0 Å². The number of imidazole rings is 1. The number of carbonyl (C=O) groups is 1. The Hall–Kier alpha value is -4.32. The van der Waals surface area contributed by atoms with Gasteiger partial charge in [0.25, 0.3) is 0 Å². The number of aromatic nitrogens is 4. The number of aromatic amines is 1. The number of ketones is 1. The number of nitrogens with zero attached hydrogens (tertiary/aromatic N) is 4. The molecule has 1 N–H and O–H groups in total. The molecular weight excluding hydrogens is 494 g/mol. The van der Waals surface area contributed by atoms with Gasteiger partial charge in [-0.2, -0.15) is 0 Å². The summed E-state index contributed by atoms with van der Waals surface area (Å²) in [6, 6.07) is 22.8. The Morgan fingerprint density at radius 3 is 2.25 bits per heavy atom. The van der Waals surface area contributed by atoms with Crippen LogP contribution < -0.4 is 4.90 Å². The number of nitrogens with one attached hydrogen (secondary N) is 1. The van der Waals surface area contributed by atoms with E-state index in [1.165, 1.54) is 11.1 Å². The summed E-state index contributed by atoms with van der Waals surface area (Å²) in [5, 5.41) is 0. The zero-order valence-corrected chi connectivity index (χ0v) is 23.8. The van der Waals surface area contributed by atoms with Gasteiger partial charge >= 0.3 is 0 Å². The summed E-state index contributed by atoms with van der Waals surface area (Å²) < 4.78 is 0. The first kappa shape index (κ1) is 25.9. The summed E-state index contributed by atoms with van der Waals surface area (Å²) in [7, 11) is 3.99. The minimum absolute atomic E-state index is 0.0581. The Morgan fingerprint density at radius 1 is 0.925 bits per heavy atom. The maximum absolute atomic E-state index is 13.2. The van der Waals surface area contributed by atoms with Crippen LogP contribution in [0.15, 0.2) is 79.1 Å². The molecule has 0 bridgehead atoms. The molecule has 0 atom stereocenters. The van der Waals surface area contributed by atoms with Crippen molar-refractivity contribution in [1.29, 1.82) is 0 Å². The molecule has 40 heavy (non-hydrogen) atoms. The van der Waals surface area contributed by atoms with Gasteiger partial charge in [0, 0.05) is 43.3 Å². The lowest BCUT2D eigenvalue weighted by molar-refractivity contribution is 0.0970. The van der Waals surface area contributed by atoms with Crippen LogP contribution in [0.5, 0.6) is 0 Å². The summed E-state index contributed by atoms with van der Waals surface area (Å²) in [5.41, 5.74) is 8.79. The summed E-state index contributed by atoms with van der Waals surface area (Å²) in [5.74, 6) is 0.915. The van der Waals surface area contributed by atoms with Crippen molar-refractivity contribution in [2.45, 2.75) is 50.9 Å². The van der Waals surface area contributed by atoms with E-state index in [0.29, 0.717) is 17.9 Å². The lowest BCUT2D eigenvalue weighted by Gasteiger charge is -2.19. The molecule has 6 heteroatoms. The van der Waals surface area contributed by atoms with Crippen LogP contribution in [0.4, 0.5) is 5.69 Å². The Balaban J connectivity index is 1.23. The number of fused-ring (bicyclic) bond motifs is 1. The molecule has 0 unspecified atom stereocenters. The van der Waals surface area contributed by atoms with Crippen LogP contribution in [0.25, 0.3) is 33.8 Å². The highest BCUT2D eigenvalue weighted by atomic mass is 16.1. The Labute approximate surface area is 235 Å². The number of benzene rings is 2. The highest BCUT2D eigenvalue weighted by molar-refractivity contribution is 5.97. The second kappa shape index (κ2) is 9.70. The molecule has 0 saturated heterocycles. The molecule has 0 radical (unpaired) electrons. The van der Waals surface area contributed by atoms with E-state index in [9.17, 15) is 4.79 Å². The van der Waals surface area contributed by atoms with Gasteiger partial charge in [-0.3, -0.25) is 9.78 Å². The molecule has 202 valence electrons. The Bertz CT molecular complexity index is 1670. The molecule has 0 aliphatic heterocycles. The van der Waals surface area contributed by atoms with Crippen molar-refractivity contribution >= 4 is 22.6 Å². The predicted octanol–water partition coefficient (Wildman–Crippen LogP) is 7.36. The lowest BCUT2D eigenvalue weighted by Crippen LogP contribution is -2.15. The summed E-state index contributed by atoms with van der Waals surface area (Å²) in [6.45, 7) is 6.57. The van der Waals surface area contributed by atoms with Crippen molar-refractivity contribution in [1.82, 2.24) is 19.9 Å². The number of rotatable bonds is 7. The second-order valence-corrected chi connectivity index (χ2v) is 12.2. The van der Waals surface area contributed by atoms with Gasteiger partial charge in [0.2, 0.25) is 0 Å². The number of H-pyrrole nitrogens is 1. The minimum atomic E-state index is -0.0581. The average molecular weight is 530 g/mol. The van der Waals surface area contributed by atoms with Crippen molar-refractivity contribution in [3.05, 3.63) is 95.8 Å². The van der Waals surface area contributed by atoms with E-state index in [-0.39, 0.29) is 16.6 Å². The van der Waals surface area contributed by atoms with Gasteiger partial charge in [-0.1, -0.05) is 69.3 Å². The molecule has 1 aliphatic carbocycles. The molecular formula is C34H35N5O. The third kappa shape index (κ3) is 4.90. The van der Waals surface area contributed by atoms with E-state index in [2.05, 4.69) is 72.1 Å². The van der Waals surface area contributed by atoms with Crippen molar-refractivity contribution in [3.63, 3.8) is 0 Å². The first-order valence-electron chi connectivity index (χ1n) is 13.9. The Kier molecular flexibility index (Phi) is 6.29. The van der Waals surface area contributed by atoms with Gasteiger partial charge < -0.3 is 9.88 Å². The van der Waals surface area contributed by atoms with E-state index in [1.54, 1.807) is 6.20 Å². The fourth-order valence-corrected chi connectivity index (χ4v) is 5.35. The maximum Gasteiger partial charge on any atom is 0.178 e. The molecule has 3 heterocycles. The molecule has 1 fully saturated rings. The van der Waals surface area contributed by atoms with Crippen molar-refractivity contribution in [3.8, 4) is 22.6 Å². The number of hydrogen-bond donors (Lipinski definition) is 1. The number of anilines is 1. The van der Waals surface area contributed by atoms with Crippen LogP contribution in [0, 0.1) is 0 Å². The van der Waals surface area contributed by atoms with Gasteiger partial charge in [-0.25, -0.2) is 9.97 Å². The van der Waals surface area contributed by atoms with Crippen LogP contribution in [0.3, 0.4) is 0 Å². The monoisotopic (exact) mass is 529 g/mol. The smallest absolute Gasteiger partial charge is 0.178 e. The number of carbonyl (C=O) groups excluding carboxylic acids is 1. The maximum atomic E-state index is 13.2. The molecule has 2 aromatic carbocycles. The normalized spacial score (nSPS) is 14.3. The van der Waals surface area contributed by atoms with Crippen molar-refractivity contribution in [2.75, 3.05) is 19.0 Å². The van der Waals surface area contributed by atoms with Crippen LogP contribution in [0.2, 0.25) is 0 Å².